The molecule has 1 atom stereocenters. The van der Waals surface area contributed by atoms with Crippen LogP contribution in [0.1, 0.15) is 32.6 Å². The minimum Gasteiger partial charge on any atom is -0.371 e. The van der Waals surface area contributed by atoms with Gasteiger partial charge in [-0.25, -0.2) is 0 Å². The fourth-order valence-electron chi connectivity index (χ4n) is 0.882. The molecular formula is C10H20OS. The molecule has 0 aromatic rings. The molecule has 0 aromatic heterocycles. The normalized spacial score (nSPS) is 12.8. The summed E-state index contributed by atoms with van der Waals surface area (Å²) in [6, 6.07) is 0. The first-order valence-electron chi connectivity index (χ1n) is 4.60. The van der Waals surface area contributed by atoms with Crippen LogP contribution in [0.2, 0.25) is 0 Å². The van der Waals surface area contributed by atoms with Crippen molar-refractivity contribution < 1.29 is 4.74 Å². The minimum absolute atomic E-state index is 0.370. The molecule has 0 fully saturated rings. The van der Waals surface area contributed by atoms with E-state index in [1.54, 1.807) is 7.11 Å². The molecule has 0 heterocycles. The summed E-state index contributed by atoms with van der Waals surface area (Å²) in [5.41, 5.74) is 0.370. The van der Waals surface area contributed by atoms with Gasteiger partial charge in [0.1, 0.15) is 5.44 Å². The van der Waals surface area contributed by atoms with Gasteiger partial charge in [0, 0.05) is 7.11 Å². The maximum absolute atomic E-state index is 5.31. The second-order valence-electron chi connectivity index (χ2n) is 2.76. The summed E-state index contributed by atoms with van der Waals surface area (Å²) in [4.78, 5) is 0. The van der Waals surface area contributed by atoms with Gasteiger partial charge in [-0.1, -0.05) is 19.4 Å². The van der Waals surface area contributed by atoms with E-state index in [2.05, 4.69) is 13.5 Å². The molecule has 0 amide bonds. The molecule has 0 radical (unpaired) electrons. The highest BCUT2D eigenvalue weighted by molar-refractivity contribution is 7.99. The van der Waals surface area contributed by atoms with E-state index in [1.165, 1.54) is 18.6 Å². The van der Waals surface area contributed by atoms with Gasteiger partial charge in [0.25, 0.3) is 0 Å². The van der Waals surface area contributed by atoms with Crippen molar-refractivity contribution in [1.82, 2.24) is 0 Å². The van der Waals surface area contributed by atoms with Gasteiger partial charge in [0.15, 0.2) is 0 Å². The van der Waals surface area contributed by atoms with E-state index in [0.29, 0.717) is 5.44 Å². The average molecular weight is 188 g/mol. The van der Waals surface area contributed by atoms with Crippen LogP contribution in [0.4, 0.5) is 0 Å². The van der Waals surface area contributed by atoms with Gasteiger partial charge in [0.05, 0.1) is 0 Å². The van der Waals surface area contributed by atoms with Crippen molar-refractivity contribution in [2.45, 2.75) is 38.0 Å². The Kier molecular flexibility index (Phi) is 9.18. The van der Waals surface area contributed by atoms with Crippen molar-refractivity contribution in [3.63, 3.8) is 0 Å². The third-order valence-electron chi connectivity index (χ3n) is 1.67. The first kappa shape index (κ1) is 12.0. The molecule has 0 aliphatic carbocycles. The molecule has 12 heavy (non-hydrogen) atoms. The number of unbranched alkanes of at least 4 members (excludes halogenated alkanes) is 1. The zero-order chi connectivity index (χ0) is 9.23. The lowest BCUT2D eigenvalue weighted by Crippen LogP contribution is -2.05. The number of thioether (sulfide) groups is 1. The van der Waals surface area contributed by atoms with Gasteiger partial charge in [-0.3, -0.25) is 0 Å². The molecule has 0 aromatic carbocycles. The molecule has 0 aliphatic heterocycles. The van der Waals surface area contributed by atoms with Gasteiger partial charge >= 0.3 is 0 Å². The molecule has 0 bridgehead atoms. The van der Waals surface area contributed by atoms with E-state index in [-0.39, 0.29) is 0 Å². The van der Waals surface area contributed by atoms with Crippen molar-refractivity contribution in [3.05, 3.63) is 12.7 Å². The van der Waals surface area contributed by atoms with Crippen molar-refractivity contribution in [2.24, 2.45) is 0 Å². The monoisotopic (exact) mass is 188 g/mol. The summed E-state index contributed by atoms with van der Waals surface area (Å²) < 4.78 is 5.31. The highest BCUT2D eigenvalue weighted by Gasteiger charge is 2.04. The molecule has 0 aliphatic rings. The first-order chi connectivity index (χ1) is 5.85. The summed E-state index contributed by atoms with van der Waals surface area (Å²) in [7, 11) is 1.78. The fourth-order valence-corrected chi connectivity index (χ4v) is 2.04. The van der Waals surface area contributed by atoms with E-state index in [4.69, 9.17) is 4.74 Å². The summed E-state index contributed by atoms with van der Waals surface area (Å²) in [6.45, 7) is 5.91. The second-order valence-corrected chi connectivity index (χ2v) is 4.02. The maximum Gasteiger partial charge on any atom is 0.103 e. The summed E-state index contributed by atoms with van der Waals surface area (Å²) >= 11 is 1.92. The number of hydrogen-bond donors (Lipinski definition) is 0. The number of ether oxygens (including phenoxy) is 1. The molecule has 1 unspecified atom stereocenters. The Morgan fingerprint density at radius 3 is 2.83 bits per heavy atom. The Morgan fingerprint density at radius 1 is 1.58 bits per heavy atom. The van der Waals surface area contributed by atoms with Crippen LogP contribution >= 0.6 is 11.8 Å². The third-order valence-corrected chi connectivity index (χ3v) is 3.00. The summed E-state index contributed by atoms with van der Waals surface area (Å²) in [5, 5.41) is 0. The van der Waals surface area contributed by atoms with Crippen LogP contribution in [-0.2, 0) is 4.74 Å². The molecule has 0 N–H and O–H groups in total. The standard InChI is InChI=1S/C10H20OS/c1-4-6-8-10(11-3)12-9-7-5-2/h4,10H,1,5-9H2,2-3H3. The van der Waals surface area contributed by atoms with Crippen molar-refractivity contribution in [3.8, 4) is 0 Å². The van der Waals surface area contributed by atoms with Gasteiger partial charge in [-0.15, -0.1) is 18.3 Å². The van der Waals surface area contributed by atoms with Crippen LogP contribution in [0.15, 0.2) is 12.7 Å². The largest absolute Gasteiger partial charge is 0.371 e. The van der Waals surface area contributed by atoms with E-state index < -0.39 is 0 Å². The Hall–Kier alpha value is 0.0500. The molecule has 0 saturated carbocycles. The zero-order valence-corrected chi connectivity index (χ0v) is 9.03. The fraction of sp³-hybridized carbons (Fsp3) is 0.800. The Morgan fingerprint density at radius 2 is 2.33 bits per heavy atom. The SMILES string of the molecule is C=CCCC(OC)SCCCC. The van der Waals surface area contributed by atoms with Gasteiger partial charge < -0.3 is 4.74 Å². The number of hydrogen-bond acceptors (Lipinski definition) is 2. The van der Waals surface area contributed by atoms with Crippen molar-refractivity contribution >= 4 is 11.8 Å². The summed E-state index contributed by atoms with van der Waals surface area (Å²) in [5.74, 6) is 1.21. The lowest BCUT2D eigenvalue weighted by Gasteiger charge is -2.12. The predicted molar refractivity (Wildman–Crippen MR) is 57.6 cm³/mol. The topological polar surface area (TPSA) is 9.23 Å². The Labute approximate surface area is 80.6 Å². The van der Waals surface area contributed by atoms with Crippen molar-refractivity contribution in [2.75, 3.05) is 12.9 Å². The first-order valence-corrected chi connectivity index (χ1v) is 5.65. The molecule has 1 nitrogen and oxygen atoms in total. The number of allylic oxidation sites excluding steroid dienone is 1. The lowest BCUT2D eigenvalue weighted by molar-refractivity contribution is 0.167. The number of methoxy groups -OCH3 is 1. The lowest BCUT2D eigenvalue weighted by atomic mass is 10.3. The van der Waals surface area contributed by atoms with E-state index in [9.17, 15) is 0 Å². The van der Waals surface area contributed by atoms with Gasteiger partial charge in [-0.05, 0) is 25.0 Å². The van der Waals surface area contributed by atoms with Crippen LogP contribution in [0.5, 0.6) is 0 Å². The molecule has 72 valence electrons. The van der Waals surface area contributed by atoms with E-state index in [0.717, 1.165) is 12.8 Å². The quantitative estimate of drug-likeness (QED) is 0.328. The highest BCUT2D eigenvalue weighted by atomic mass is 32.2. The van der Waals surface area contributed by atoms with E-state index >= 15 is 0 Å². The van der Waals surface area contributed by atoms with Crippen LogP contribution in [0.25, 0.3) is 0 Å². The van der Waals surface area contributed by atoms with Gasteiger partial charge in [-0.2, -0.15) is 0 Å². The molecule has 2 heteroatoms. The smallest absolute Gasteiger partial charge is 0.103 e. The Balaban J connectivity index is 3.32. The van der Waals surface area contributed by atoms with E-state index in [1.807, 2.05) is 17.8 Å². The van der Waals surface area contributed by atoms with Crippen LogP contribution in [0, 0.1) is 0 Å². The van der Waals surface area contributed by atoms with Crippen LogP contribution < -0.4 is 0 Å². The summed E-state index contributed by atoms with van der Waals surface area (Å²) in [6.07, 6.45) is 6.65. The highest BCUT2D eigenvalue weighted by Crippen LogP contribution is 2.18. The minimum atomic E-state index is 0.370. The van der Waals surface area contributed by atoms with Crippen LogP contribution in [-0.4, -0.2) is 18.3 Å². The number of rotatable bonds is 8. The molecular weight excluding hydrogens is 168 g/mol. The average Bonchev–Trinajstić information content (AvgIpc) is 2.11. The Bertz CT molecular complexity index is 104. The van der Waals surface area contributed by atoms with Crippen LogP contribution in [0.3, 0.4) is 0 Å². The second kappa shape index (κ2) is 9.14. The molecule has 0 saturated heterocycles. The third kappa shape index (κ3) is 6.74. The van der Waals surface area contributed by atoms with Crippen molar-refractivity contribution in [1.29, 1.82) is 0 Å². The maximum atomic E-state index is 5.31. The molecule has 0 spiro atoms. The van der Waals surface area contributed by atoms with Gasteiger partial charge in [0.2, 0.25) is 0 Å². The predicted octanol–water partition coefficient (Wildman–Crippen LogP) is 3.46. The zero-order valence-electron chi connectivity index (χ0n) is 8.21. The molecule has 0 rings (SSSR count).